The summed E-state index contributed by atoms with van der Waals surface area (Å²) >= 11 is 0. The number of benzene rings is 1. The van der Waals surface area contributed by atoms with Gasteiger partial charge in [-0.2, -0.15) is 0 Å². The lowest BCUT2D eigenvalue weighted by Gasteiger charge is -2.23. The van der Waals surface area contributed by atoms with Gasteiger partial charge >= 0.3 is 6.03 Å². The van der Waals surface area contributed by atoms with Crippen LogP contribution in [0.2, 0.25) is 0 Å². The van der Waals surface area contributed by atoms with Crippen molar-refractivity contribution in [2.45, 2.75) is 25.8 Å². The van der Waals surface area contributed by atoms with E-state index in [0.29, 0.717) is 18.9 Å². The van der Waals surface area contributed by atoms with Crippen LogP contribution in [0.4, 0.5) is 14.9 Å². The standard InChI is InChI=1S/C13H17FN2O2/c1-9-2-3-10(14)8-12(9)16-13(17)15-11-4-6-18-7-5-11/h2-3,8,11H,4-7H2,1H3,(H2,15,16,17). The maximum atomic E-state index is 13.1. The molecule has 0 aromatic heterocycles. The summed E-state index contributed by atoms with van der Waals surface area (Å²) in [5.74, 6) is -0.359. The van der Waals surface area contributed by atoms with Crippen LogP contribution in [0.1, 0.15) is 18.4 Å². The summed E-state index contributed by atoms with van der Waals surface area (Å²) in [5, 5.41) is 5.53. The van der Waals surface area contributed by atoms with Crippen molar-refractivity contribution in [3.05, 3.63) is 29.6 Å². The van der Waals surface area contributed by atoms with Crippen LogP contribution in [0.15, 0.2) is 18.2 Å². The van der Waals surface area contributed by atoms with E-state index >= 15 is 0 Å². The molecule has 1 heterocycles. The van der Waals surface area contributed by atoms with Crippen molar-refractivity contribution in [1.82, 2.24) is 5.32 Å². The van der Waals surface area contributed by atoms with Gasteiger partial charge in [-0.1, -0.05) is 6.07 Å². The second kappa shape index (κ2) is 5.82. The molecule has 2 amide bonds. The normalized spacial score (nSPS) is 16.3. The molecule has 2 rings (SSSR count). The van der Waals surface area contributed by atoms with E-state index in [1.807, 2.05) is 6.92 Å². The summed E-state index contributed by atoms with van der Waals surface area (Å²) < 4.78 is 18.3. The number of halogens is 1. The van der Waals surface area contributed by atoms with Gasteiger partial charge in [0.25, 0.3) is 0 Å². The molecule has 1 aliphatic rings. The number of amides is 2. The Labute approximate surface area is 106 Å². The first-order valence-electron chi connectivity index (χ1n) is 6.06. The van der Waals surface area contributed by atoms with Crippen LogP contribution >= 0.6 is 0 Å². The van der Waals surface area contributed by atoms with Crippen LogP contribution in [-0.4, -0.2) is 25.3 Å². The summed E-state index contributed by atoms with van der Waals surface area (Å²) in [6, 6.07) is 4.16. The van der Waals surface area contributed by atoms with E-state index in [1.54, 1.807) is 6.07 Å². The molecule has 1 aromatic rings. The number of hydrogen-bond acceptors (Lipinski definition) is 2. The number of anilines is 1. The lowest BCUT2D eigenvalue weighted by Crippen LogP contribution is -2.41. The molecular formula is C13H17FN2O2. The van der Waals surface area contributed by atoms with E-state index in [0.717, 1.165) is 18.4 Å². The van der Waals surface area contributed by atoms with Gasteiger partial charge in [0.2, 0.25) is 0 Å². The second-order valence-electron chi connectivity index (χ2n) is 4.44. The SMILES string of the molecule is Cc1ccc(F)cc1NC(=O)NC1CCOCC1. The molecule has 0 aliphatic carbocycles. The third-order valence-corrected chi connectivity index (χ3v) is 3.00. The zero-order valence-corrected chi connectivity index (χ0v) is 10.3. The molecule has 0 bridgehead atoms. The zero-order chi connectivity index (χ0) is 13.0. The smallest absolute Gasteiger partial charge is 0.319 e. The highest BCUT2D eigenvalue weighted by Gasteiger charge is 2.16. The van der Waals surface area contributed by atoms with Crippen molar-refractivity contribution in [3.63, 3.8) is 0 Å². The Balaban J connectivity index is 1.92. The fourth-order valence-corrected chi connectivity index (χ4v) is 1.91. The summed E-state index contributed by atoms with van der Waals surface area (Å²) in [5.41, 5.74) is 1.33. The Morgan fingerprint density at radius 1 is 1.39 bits per heavy atom. The van der Waals surface area contributed by atoms with Gasteiger partial charge in [-0.15, -0.1) is 0 Å². The number of urea groups is 1. The molecule has 1 fully saturated rings. The Morgan fingerprint density at radius 3 is 2.83 bits per heavy atom. The van der Waals surface area contributed by atoms with E-state index in [4.69, 9.17) is 4.74 Å². The summed E-state index contributed by atoms with van der Waals surface area (Å²) in [4.78, 5) is 11.8. The maximum Gasteiger partial charge on any atom is 0.319 e. The van der Waals surface area contributed by atoms with Crippen LogP contribution in [-0.2, 0) is 4.74 Å². The molecule has 0 atom stereocenters. The number of hydrogen-bond donors (Lipinski definition) is 2. The highest BCUT2D eigenvalue weighted by molar-refractivity contribution is 5.90. The van der Waals surface area contributed by atoms with E-state index in [9.17, 15) is 9.18 Å². The van der Waals surface area contributed by atoms with Crippen LogP contribution in [0.5, 0.6) is 0 Å². The summed E-state index contributed by atoms with van der Waals surface area (Å²) in [7, 11) is 0. The largest absolute Gasteiger partial charge is 0.381 e. The predicted molar refractivity (Wildman–Crippen MR) is 67.1 cm³/mol. The van der Waals surface area contributed by atoms with E-state index in [1.165, 1.54) is 12.1 Å². The minimum Gasteiger partial charge on any atom is -0.381 e. The zero-order valence-electron chi connectivity index (χ0n) is 10.3. The number of carbonyl (C=O) groups is 1. The van der Waals surface area contributed by atoms with Gasteiger partial charge < -0.3 is 15.4 Å². The van der Waals surface area contributed by atoms with Gasteiger partial charge in [0.15, 0.2) is 0 Å². The van der Waals surface area contributed by atoms with Crippen LogP contribution in [0.25, 0.3) is 0 Å². The molecule has 0 unspecified atom stereocenters. The number of carbonyl (C=O) groups excluding carboxylic acids is 1. The third kappa shape index (κ3) is 3.43. The topological polar surface area (TPSA) is 50.4 Å². The first kappa shape index (κ1) is 12.8. The van der Waals surface area contributed by atoms with Gasteiger partial charge in [-0.25, -0.2) is 9.18 Å². The van der Waals surface area contributed by atoms with Gasteiger partial charge in [-0.05, 0) is 37.5 Å². The molecule has 2 N–H and O–H groups in total. The monoisotopic (exact) mass is 252 g/mol. The van der Waals surface area contributed by atoms with E-state index in [2.05, 4.69) is 10.6 Å². The summed E-state index contributed by atoms with van der Waals surface area (Å²) in [6.07, 6.45) is 1.63. The predicted octanol–water partition coefficient (Wildman–Crippen LogP) is 2.43. The molecular weight excluding hydrogens is 235 g/mol. The van der Waals surface area contributed by atoms with Crippen LogP contribution in [0.3, 0.4) is 0 Å². The molecule has 1 aromatic carbocycles. The lowest BCUT2D eigenvalue weighted by molar-refractivity contribution is 0.0806. The Kier molecular flexibility index (Phi) is 4.15. The highest BCUT2D eigenvalue weighted by Crippen LogP contribution is 2.16. The molecule has 18 heavy (non-hydrogen) atoms. The molecule has 4 nitrogen and oxygen atoms in total. The van der Waals surface area contributed by atoms with E-state index in [-0.39, 0.29) is 17.9 Å². The fraction of sp³-hybridized carbons (Fsp3) is 0.462. The first-order chi connectivity index (χ1) is 8.65. The quantitative estimate of drug-likeness (QED) is 0.849. The molecule has 0 spiro atoms. The Hall–Kier alpha value is -1.62. The molecule has 1 aliphatic heterocycles. The number of rotatable bonds is 2. The minimum absolute atomic E-state index is 0.132. The third-order valence-electron chi connectivity index (χ3n) is 3.00. The van der Waals surface area contributed by atoms with Crippen LogP contribution in [0, 0.1) is 12.7 Å². The van der Waals surface area contributed by atoms with Gasteiger partial charge in [-0.3, -0.25) is 0 Å². The maximum absolute atomic E-state index is 13.1. The van der Waals surface area contributed by atoms with Gasteiger partial charge in [0, 0.05) is 24.9 Å². The fourth-order valence-electron chi connectivity index (χ4n) is 1.91. The average molecular weight is 252 g/mol. The van der Waals surface area contributed by atoms with Crippen molar-refractivity contribution in [3.8, 4) is 0 Å². The van der Waals surface area contributed by atoms with Crippen molar-refractivity contribution in [2.24, 2.45) is 0 Å². The second-order valence-corrected chi connectivity index (χ2v) is 4.44. The molecule has 0 radical (unpaired) electrons. The average Bonchev–Trinajstić information content (AvgIpc) is 2.35. The van der Waals surface area contributed by atoms with Crippen LogP contribution < -0.4 is 10.6 Å². The first-order valence-corrected chi connectivity index (χ1v) is 6.06. The van der Waals surface area contributed by atoms with Crippen molar-refractivity contribution < 1.29 is 13.9 Å². The van der Waals surface area contributed by atoms with E-state index < -0.39 is 0 Å². The summed E-state index contributed by atoms with van der Waals surface area (Å²) in [6.45, 7) is 3.16. The Bertz CT molecular complexity index is 431. The highest BCUT2D eigenvalue weighted by atomic mass is 19.1. The number of aryl methyl sites for hydroxylation is 1. The van der Waals surface area contributed by atoms with Crippen molar-refractivity contribution >= 4 is 11.7 Å². The van der Waals surface area contributed by atoms with Gasteiger partial charge in [0.05, 0.1) is 0 Å². The number of nitrogens with one attached hydrogen (secondary N) is 2. The molecule has 5 heteroatoms. The molecule has 0 saturated carbocycles. The lowest BCUT2D eigenvalue weighted by atomic mass is 10.1. The Morgan fingerprint density at radius 2 is 2.11 bits per heavy atom. The minimum atomic E-state index is -0.359. The van der Waals surface area contributed by atoms with Crippen molar-refractivity contribution in [1.29, 1.82) is 0 Å². The molecule has 98 valence electrons. The number of ether oxygens (including phenoxy) is 1. The van der Waals surface area contributed by atoms with Crippen molar-refractivity contribution in [2.75, 3.05) is 18.5 Å². The van der Waals surface area contributed by atoms with Gasteiger partial charge in [0.1, 0.15) is 5.82 Å². The molecule has 1 saturated heterocycles.